The van der Waals surface area contributed by atoms with Crippen LogP contribution in [-0.2, 0) is 17.8 Å². The smallest absolute Gasteiger partial charge is 0.243 e. The van der Waals surface area contributed by atoms with Crippen LogP contribution in [0.3, 0.4) is 0 Å². The molecule has 3 N–H and O–H groups in total. The highest BCUT2D eigenvalue weighted by molar-refractivity contribution is 5.83. The minimum atomic E-state index is -0.368. The minimum Gasteiger partial charge on any atom is -0.354 e. The Morgan fingerprint density at radius 1 is 1.38 bits per heavy atom. The molecule has 0 radical (unpaired) electrons. The number of benzene rings is 1. The first-order valence-corrected chi connectivity index (χ1v) is 8.14. The number of aryl methyl sites for hydroxylation is 1. The third-order valence-electron chi connectivity index (χ3n) is 4.28. The Morgan fingerprint density at radius 3 is 3.25 bits per heavy atom. The van der Waals surface area contributed by atoms with Gasteiger partial charge in [-0.25, -0.2) is 9.67 Å². The van der Waals surface area contributed by atoms with E-state index in [9.17, 15) is 4.79 Å². The Bertz CT molecular complexity index is 853. The van der Waals surface area contributed by atoms with E-state index < -0.39 is 0 Å². The molecule has 0 bridgehead atoms. The average Bonchev–Trinajstić information content (AvgIpc) is 3.25. The van der Waals surface area contributed by atoms with Gasteiger partial charge >= 0.3 is 0 Å². The summed E-state index contributed by atoms with van der Waals surface area (Å²) in [6.45, 7) is 2.08. The maximum absolute atomic E-state index is 12.4. The van der Waals surface area contributed by atoms with E-state index in [0.717, 1.165) is 41.8 Å². The fourth-order valence-corrected chi connectivity index (χ4v) is 3.06. The number of fused-ring (bicyclic) bond motifs is 2. The molecule has 8 nitrogen and oxygen atoms in total. The molecule has 3 heterocycles. The van der Waals surface area contributed by atoms with Gasteiger partial charge in [0.25, 0.3) is 0 Å². The summed E-state index contributed by atoms with van der Waals surface area (Å²) in [6.07, 6.45) is 3.31. The van der Waals surface area contributed by atoms with Crippen LogP contribution in [-0.4, -0.2) is 44.0 Å². The maximum Gasteiger partial charge on any atom is 0.243 e. The second-order valence-corrected chi connectivity index (χ2v) is 5.85. The van der Waals surface area contributed by atoms with Gasteiger partial charge in [-0.2, -0.15) is 0 Å². The van der Waals surface area contributed by atoms with Crippen LogP contribution in [0, 0.1) is 0 Å². The van der Waals surface area contributed by atoms with Crippen LogP contribution >= 0.6 is 0 Å². The zero-order valence-corrected chi connectivity index (χ0v) is 13.2. The molecule has 2 aromatic heterocycles. The molecule has 3 aromatic rings. The van der Waals surface area contributed by atoms with E-state index in [0.29, 0.717) is 13.1 Å². The Hall–Kier alpha value is -2.74. The van der Waals surface area contributed by atoms with Gasteiger partial charge in [-0.05, 0) is 18.6 Å². The molecule has 124 valence electrons. The van der Waals surface area contributed by atoms with E-state index in [1.54, 1.807) is 6.33 Å². The van der Waals surface area contributed by atoms with Crippen molar-refractivity contribution < 1.29 is 4.79 Å². The molecule has 1 aromatic carbocycles. The van der Waals surface area contributed by atoms with Crippen LogP contribution in [0.25, 0.3) is 11.0 Å². The van der Waals surface area contributed by atoms with E-state index in [1.165, 1.54) is 0 Å². The molecule has 24 heavy (non-hydrogen) atoms. The van der Waals surface area contributed by atoms with Gasteiger partial charge in [0.2, 0.25) is 5.91 Å². The van der Waals surface area contributed by atoms with Crippen molar-refractivity contribution in [3.8, 4) is 0 Å². The molecule has 8 heteroatoms. The Balaban J connectivity index is 1.31. The number of imidazole rings is 1. The van der Waals surface area contributed by atoms with E-state index in [2.05, 4.69) is 30.9 Å². The second-order valence-electron chi connectivity index (χ2n) is 5.85. The van der Waals surface area contributed by atoms with Crippen LogP contribution in [0.4, 0.5) is 0 Å². The molecule has 1 unspecified atom stereocenters. The molecular formula is C16H19N7O. The topological polar surface area (TPSA) is 101 Å². The number of carbonyl (C=O) groups excluding carboxylic acids is 1. The van der Waals surface area contributed by atoms with Crippen LogP contribution in [0.1, 0.15) is 23.9 Å². The summed E-state index contributed by atoms with van der Waals surface area (Å²) < 4.78 is 1.87. The lowest BCUT2D eigenvalue weighted by Gasteiger charge is -2.22. The van der Waals surface area contributed by atoms with Gasteiger partial charge in [0.05, 0.1) is 17.5 Å². The summed E-state index contributed by atoms with van der Waals surface area (Å²) in [5.74, 6) is -0.0356. The number of aromatic nitrogens is 5. The van der Waals surface area contributed by atoms with Gasteiger partial charge in [0.1, 0.15) is 11.6 Å². The molecule has 0 spiro atoms. The third-order valence-corrected chi connectivity index (χ3v) is 4.28. The predicted molar refractivity (Wildman–Crippen MR) is 88.2 cm³/mol. The normalized spacial score (nSPS) is 16.9. The van der Waals surface area contributed by atoms with Gasteiger partial charge < -0.3 is 15.6 Å². The van der Waals surface area contributed by atoms with Gasteiger partial charge in [-0.15, -0.1) is 5.10 Å². The van der Waals surface area contributed by atoms with Gasteiger partial charge in [0, 0.05) is 31.7 Å². The number of rotatable bonds is 5. The van der Waals surface area contributed by atoms with Crippen molar-refractivity contribution in [2.75, 3.05) is 13.1 Å². The summed E-state index contributed by atoms with van der Waals surface area (Å²) in [5, 5.41) is 14.5. The summed E-state index contributed by atoms with van der Waals surface area (Å²) in [5.41, 5.74) is 3.75. The fraction of sp³-hybridized carbons (Fsp3) is 0.375. The van der Waals surface area contributed by atoms with Crippen molar-refractivity contribution >= 4 is 16.9 Å². The number of aromatic amines is 1. The number of nitrogens with zero attached hydrogens (tertiary/aromatic N) is 4. The summed E-state index contributed by atoms with van der Waals surface area (Å²) in [6, 6.07) is 7.49. The van der Waals surface area contributed by atoms with Gasteiger partial charge in [-0.1, -0.05) is 17.3 Å². The Morgan fingerprint density at radius 2 is 2.29 bits per heavy atom. The molecule has 1 aliphatic rings. The highest BCUT2D eigenvalue weighted by Gasteiger charge is 2.27. The average molecular weight is 325 g/mol. The van der Waals surface area contributed by atoms with E-state index >= 15 is 0 Å². The van der Waals surface area contributed by atoms with Crippen molar-refractivity contribution in [2.45, 2.75) is 25.4 Å². The standard InChI is InChI=1S/C16H19N7O/c24-16(15-14-12(6-8-17-15)19-10-20-14)18-7-3-9-23-13-5-2-1-4-11(13)21-22-23/h1-2,4-5,10,15,17H,3,6-9H2,(H,18,24)(H,19,20). The van der Waals surface area contributed by atoms with E-state index in [4.69, 9.17) is 0 Å². The largest absolute Gasteiger partial charge is 0.354 e. The minimum absolute atomic E-state index is 0.0356. The Kier molecular flexibility index (Phi) is 3.96. The number of hydrogen-bond acceptors (Lipinski definition) is 5. The molecule has 0 fully saturated rings. The zero-order valence-electron chi connectivity index (χ0n) is 13.2. The first-order chi connectivity index (χ1) is 11.8. The maximum atomic E-state index is 12.4. The second kappa shape index (κ2) is 6.40. The zero-order chi connectivity index (χ0) is 16.4. The summed E-state index contributed by atoms with van der Waals surface area (Å²) >= 11 is 0. The quantitative estimate of drug-likeness (QED) is 0.595. The van der Waals surface area contributed by atoms with Crippen LogP contribution in [0.2, 0.25) is 0 Å². The highest BCUT2D eigenvalue weighted by Crippen LogP contribution is 2.19. The molecular weight excluding hydrogens is 306 g/mol. The molecule has 4 rings (SSSR count). The number of carbonyl (C=O) groups is 1. The lowest BCUT2D eigenvalue weighted by atomic mass is 10.1. The molecule has 1 amide bonds. The molecule has 0 aliphatic carbocycles. The van der Waals surface area contributed by atoms with E-state index in [-0.39, 0.29) is 11.9 Å². The molecule has 0 saturated carbocycles. The monoisotopic (exact) mass is 325 g/mol. The number of hydrogen-bond donors (Lipinski definition) is 3. The fourth-order valence-electron chi connectivity index (χ4n) is 3.06. The van der Waals surface area contributed by atoms with E-state index in [1.807, 2.05) is 28.9 Å². The molecule has 1 aliphatic heterocycles. The molecule has 0 saturated heterocycles. The summed E-state index contributed by atoms with van der Waals surface area (Å²) in [4.78, 5) is 19.7. The predicted octanol–water partition coefficient (Wildman–Crippen LogP) is 0.548. The van der Waals surface area contributed by atoms with Crippen molar-refractivity contribution in [1.29, 1.82) is 0 Å². The van der Waals surface area contributed by atoms with Crippen LogP contribution in [0.15, 0.2) is 30.6 Å². The van der Waals surface area contributed by atoms with Crippen molar-refractivity contribution in [3.05, 3.63) is 42.0 Å². The number of H-pyrrole nitrogens is 1. The number of nitrogens with one attached hydrogen (secondary N) is 3. The van der Waals surface area contributed by atoms with Crippen LogP contribution < -0.4 is 10.6 Å². The lowest BCUT2D eigenvalue weighted by Crippen LogP contribution is -2.42. The van der Waals surface area contributed by atoms with Gasteiger partial charge in [0.15, 0.2) is 0 Å². The molecule has 1 atom stereocenters. The first kappa shape index (κ1) is 14.8. The SMILES string of the molecule is O=C(NCCCn1nnc2ccccc21)C1NCCc2[nH]cnc21. The van der Waals surface area contributed by atoms with Gasteiger partial charge in [-0.3, -0.25) is 4.79 Å². The first-order valence-electron chi connectivity index (χ1n) is 8.14. The van der Waals surface area contributed by atoms with Crippen molar-refractivity contribution in [1.82, 2.24) is 35.6 Å². The number of amides is 1. The van der Waals surface area contributed by atoms with Crippen molar-refractivity contribution in [3.63, 3.8) is 0 Å². The Labute approximate surface area is 138 Å². The summed E-state index contributed by atoms with van der Waals surface area (Å²) in [7, 11) is 0. The van der Waals surface area contributed by atoms with Crippen LogP contribution in [0.5, 0.6) is 0 Å². The third kappa shape index (κ3) is 2.76. The highest BCUT2D eigenvalue weighted by atomic mass is 16.2. The lowest BCUT2D eigenvalue weighted by molar-refractivity contribution is -0.123. The number of para-hydroxylation sites is 1. The van der Waals surface area contributed by atoms with Crippen molar-refractivity contribution in [2.24, 2.45) is 0 Å².